The number of carbonyl (C=O) groups excluding carboxylic acids is 1. The molecule has 0 aliphatic heterocycles. The van der Waals surface area contributed by atoms with Crippen LogP contribution in [0.15, 0.2) is 0 Å². The Hall–Kier alpha value is -0.330. The second-order valence-corrected chi connectivity index (χ2v) is 2.53. The minimum atomic E-state index is 0.260. The summed E-state index contributed by atoms with van der Waals surface area (Å²) in [6.07, 6.45) is 3.84. The molecule has 0 spiro atoms. The molecule has 53 valence electrons. The number of Topliss-reactive ketones (excluding diaryl/α,β-unsaturated/α-hetero) is 1. The first kappa shape index (κ1) is 8.67. The van der Waals surface area contributed by atoms with E-state index in [2.05, 4.69) is 20.3 Å². The standard InChI is InChI=1S/C8H15O/c1-4-7(2)5-6-8(3)9/h5,7H,4,6H2,1-3H3. The molecule has 0 amide bonds. The Balaban J connectivity index is 3.16. The van der Waals surface area contributed by atoms with E-state index in [0.717, 1.165) is 6.42 Å². The fourth-order valence-electron chi connectivity index (χ4n) is 0.534. The summed E-state index contributed by atoms with van der Waals surface area (Å²) in [5, 5.41) is 0. The van der Waals surface area contributed by atoms with Crippen LogP contribution in [0.25, 0.3) is 0 Å². The highest BCUT2D eigenvalue weighted by atomic mass is 16.1. The zero-order valence-electron chi connectivity index (χ0n) is 6.48. The van der Waals surface area contributed by atoms with Crippen LogP contribution in [0.3, 0.4) is 0 Å². The van der Waals surface area contributed by atoms with Gasteiger partial charge in [-0.1, -0.05) is 20.3 Å². The van der Waals surface area contributed by atoms with Gasteiger partial charge in [-0.15, -0.1) is 0 Å². The van der Waals surface area contributed by atoms with Crippen LogP contribution in [0.1, 0.15) is 33.6 Å². The summed E-state index contributed by atoms with van der Waals surface area (Å²) >= 11 is 0. The van der Waals surface area contributed by atoms with Crippen LogP contribution in [-0.4, -0.2) is 5.78 Å². The predicted molar refractivity (Wildman–Crippen MR) is 39.1 cm³/mol. The maximum absolute atomic E-state index is 10.4. The lowest BCUT2D eigenvalue weighted by atomic mass is 10.0. The van der Waals surface area contributed by atoms with Gasteiger partial charge in [0.05, 0.1) is 0 Å². The minimum absolute atomic E-state index is 0.260. The highest BCUT2D eigenvalue weighted by molar-refractivity contribution is 5.76. The van der Waals surface area contributed by atoms with Crippen molar-refractivity contribution < 1.29 is 4.79 Å². The Morgan fingerprint density at radius 2 is 2.22 bits per heavy atom. The average Bonchev–Trinajstić information content (AvgIpc) is 1.83. The van der Waals surface area contributed by atoms with Gasteiger partial charge in [0.1, 0.15) is 5.78 Å². The molecule has 0 aromatic rings. The number of hydrogen-bond acceptors (Lipinski definition) is 1. The zero-order chi connectivity index (χ0) is 7.28. The summed E-state index contributed by atoms with van der Waals surface area (Å²) in [6, 6.07) is 0. The van der Waals surface area contributed by atoms with Crippen LogP contribution in [-0.2, 0) is 4.79 Å². The van der Waals surface area contributed by atoms with Crippen molar-refractivity contribution in [2.24, 2.45) is 5.92 Å². The Bertz CT molecular complexity index is 86.6. The molecule has 0 heterocycles. The van der Waals surface area contributed by atoms with Crippen molar-refractivity contribution in [3.05, 3.63) is 6.42 Å². The van der Waals surface area contributed by atoms with E-state index in [1.807, 2.05) is 0 Å². The Morgan fingerprint density at radius 1 is 1.67 bits per heavy atom. The first-order valence-corrected chi connectivity index (χ1v) is 3.49. The van der Waals surface area contributed by atoms with Gasteiger partial charge in [0.25, 0.3) is 0 Å². The SMILES string of the molecule is CCC(C)[CH]CC(C)=O. The van der Waals surface area contributed by atoms with Crippen LogP contribution >= 0.6 is 0 Å². The number of hydrogen-bond donors (Lipinski definition) is 0. The molecule has 1 radical (unpaired) electrons. The molecule has 0 N–H and O–H groups in total. The molecule has 0 aliphatic carbocycles. The molecule has 0 aromatic carbocycles. The van der Waals surface area contributed by atoms with E-state index < -0.39 is 0 Å². The second kappa shape index (κ2) is 4.54. The summed E-state index contributed by atoms with van der Waals surface area (Å²) in [6.45, 7) is 5.88. The largest absolute Gasteiger partial charge is 0.300 e. The van der Waals surface area contributed by atoms with Gasteiger partial charge in [-0.2, -0.15) is 0 Å². The maximum atomic E-state index is 10.4. The summed E-state index contributed by atoms with van der Waals surface area (Å²) < 4.78 is 0. The molecular weight excluding hydrogens is 112 g/mol. The average molecular weight is 127 g/mol. The summed E-state index contributed by atoms with van der Waals surface area (Å²) in [5.41, 5.74) is 0. The van der Waals surface area contributed by atoms with E-state index in [9.17, 15) is 4.79 Å². The Kier molecular flexibility index (Phi) is 4.37. The van der Waals surface area contributed by atoms with Crippen LogP contribution in [0.4, 0.5) is 0 Å². The molecule has 0 rings (SSSR count). The van der Waals surface area contributed by atoms with Gasteiger partial charge in [0.2, 0.25) is 0 Å². The van der Waals surface area contributed by atoms with Gasteiger partial charge in [0, 0.05) is 6.42 Å². The molecule has 1 nitrogen and oxygen atoms in total. The minimum Gasteiger partial charge on any atom is -0.300 e. The fraction of sp³-hybridized carbons (Fsp3) is 0.750. The third-order valence-corrected chi connectivity index (χ3v) is 1.45. The first-order valence-electron chi connectivity index (χ1n) is 3.49. The molecule has 9 heavy (non-hydrogen) atoms. The normalized spacial score (nSPS) is 13.2. The van der Waals surface area contributed by atoms with Crippen molar-refractivity contribution in [3.63, 3.8) is 0 Å². The van der Waals surface area contributed by atoms with Gasteiger partial charge in [-0.05, 0) is 19.3 Å². The second-order valence-electron chi connectivity index (χ2n) is 2.53. The quantitative estimate of drug-likeness (QED) is 0.566. The van der Waals surface area contributed by atoms with Crippen molar-refractivity contribution in [2.75, 3.05) is 0 Å². The lowest BCUT2D eigenvalue weighted by molar-refractivity contribution is -0.116. The topological polar surface area (TPSA) is 17.1 Å². The van der Waals surface area contributed by atoms with Crippen LogP contribution < -0.4 is 0 Å². The van der Waals surface area contributed by atoms with E-state index in [0.29, 0.717) is 12.3 Å². The summed E-state index contributed by atoms with van der Waals surface area (Å²) in [5.74, 6) is 0.851. The Morgan fingerprint density at radius 3 is 2.56 bits per heavy atom. The van der Waals surface area contributed by atoms with Gasteiger partial charge in [-0.25, -0.2) is 0 Å². The number of carbonyl (C=O) groups is 1. The highest BCUT2D eigenvalue weighted by Crippen LogP contribution is 2.07. The molecule has 0 saturated carbocycles. The van der Waals surface area contributed by atoms with Crippen molar-refractivity contribution in [1.29, 1.82) is 0 Å². The third kappa shape index (κ3) is 5.54. The van der Waals surface area contributed by atoms with E-state index in [4.69, 9.17) is 0 Å². The smallest absolute Gasteiger partial charge is 0.130 e. The lowest BCUT2D eigenvalue weighted by Gasteiger charge is -2.03. The lowest BCUT2D eigenvalue weighted by Crippen LogP contribution is -1.97. The third-order valence-electron chi connectivity index (χ3n) is 1.45. The molecule has 0 fully saturated rings. The van der Waals surface area contributed by atoms with E-state index in [1.54, 1.807) is 6.92 Å². The van der Waals surface area contributed by atoms with Crippen LogP contribution in [0.2, 0.25) is 0 Å². The summed E-state index contributed by atoms with van der Waals surface area (Å²) in [7, 11) is 0. The molecular formula is C8H15O. The maximum Gasteiger partial charge on any atom is 0.130 e. The monoisotopic (exact) mass is 127 g/mol. The van der Waals surface area contributed by atoms with Gasteiger partial charge in [0.15, 0.2) is 0 Å². The van der Waals surface area contributed by atoms with E-state index in [-0.39, 0.29) is 5.78 Å². The van der Waals surface area contributed by atoms with Gasteiger partial charge >= 0.3 is 0 Å². The zero-order valence-corrected chi connectivity index (χ0v) is 6.48. The number of ketones is 1. The summed E-state index contributed by atoms with van der Waals surface area (Å²) in [4.78, 5) is 10.4. The van der Waals surface area contributed by atoms with Crippen LogP contribution in [0.5, 0.6) is 0 Å². The Labute approximate surface area is 57.5 Å². The first-order chi connectivity index (χ1) is 4.16. The van der Waals surface area contributed by atoms with Crippen molar-refractivity contribution in [1.82, 2.24) is 0 Å². The molecule has 1 heteroatoms. The predicted octanol–water partition coefficient (Wildman–Crippen LogP) is 2.22. The molecule has 0 aromatic heterocycles. The van der Waals surface area contributed by atoms with Crippen LogP contribution in [0, 0.1) is 12.3 Å². The van der Waals surface area contributed by atoms with Gasteiger partial charge < -0.3 is 4.79 Å². The van der Waals surface area contributed by atoms with Crippen molar-refractivity contribution in [3.8, 4) is 0 Å². The number of rotatable bonds is 4. The molecule has 1 unspecified atom stereocenters. The highest BCUT2D eigenvalue weighted by Gasteiger charge is 1.99. The van der Waals surface area contributed by atoms with Gasteiger partial charge in [-0.3, -0.25) is 0 Å². The van der Waals surface area contributed by atoms with Crippen molar-refractivity contribution in [2.45, 2.75) is 33.6 Å². The molecule has 0 aliphatic rings. The van der Waals surface area contributed by atoms with E-state index >= 15 is 0 Å². The fourth-order valence-corrected chi connectivity index (χ4v) is 0.534. The molecule has 0 saturated heterocycles. The molecule has 0 bridgehead atoms. The van der Waals surface area contributed by atoms with Crippen molar-refractivity contribution >= 4 is 5.78 Å². The molecule has 1 atom stereocenters. The van der Waals surface area contributed by atoms with E-state index in [1.165, 1.54) is 0 Å².